The number of carbonyl (C=O) groups excluding carboxylic acids is 3. The molecule has 0 aliphatic heterocycles. The molecule has 0 aliphatic rings. The van der Waals surface area contributed by atoms with E-state index in [1.165, 1.54) is 24.2 Å². The van der Waals surface area contributed by atoms with Gasteiger partial charge in [0.2, 0.25) is 5.91 Å². The van der Waals surface area contributed by atoms with Gasteiger partial charge in [-0.1, -0.05) is 29.8 Å². The van der Waals surface area contributed by atoms with Gasteiger partial charge in [0, 0.05) is 24.1 Å². The first kappa shape index (κ1) is 20.5. The van der Waals surface area contributed by atoms with E-state index in [-0.39, 0.29) is 18.3 Å². The number of anilines is 2. The molecule has 2 amide bonds. The van der Waals surface area contributed by atoms with Gasteiger partial charge in [0.25, 0.3) is 5.91 Å². The lowest BCUT2D eigenvalue weighted by atomic mass is 10.2. The third-order valence-corrected chi connectivity index (χ3v) is 4.44. The highest BCUT2D eigenvalue weighted by Crippen LogP contribution is 2.14. The van der Waals surface area contributed by atoms with Crippen LogP contribution >= 0.6 is 11.8 Å². The van der Waals surface area contributed by atoms with E-state index >= 15 is 0 Å². The van der Waals surface area contributed by atoms with Crippen LogP contribution in [0.1, 0.15) is 18.1 Å². The van der Waals surface area contributed by atoms with Crippen molar-refractivity contribution in [1.82, 2.24) is 0 Å². The number of amides is 2. The number of ether oxygens (including phenoxy) is 1. The van der Waals surface area contributed by atoms with Crippen molar-refractivity contribution >= 4 is 40.9 Å². The highest BCUT2D eigenvalue weighted by molar-refractivity contribution is 7.99. The molecule has 142 valence electrons. The summed E-state index contributed by atoms with van der Waals surface area (Å²) in [7, 11) is 0. The largest absolute Gasteiger partial charge is 0.455 e. The molecule has 0 bridgehead atoms. The minimum atomic E-state index is -0.428. The molecule has 2 aromatic carbocycles. The van der Waals surface area contributed by atoms with Crippen LogP contribution in [-0.4, -0.2) is 30.1 Å². The summed E-state index contributed by atoms with van der Waals surface area (Å²) in [6, 6.07) is 14.8. The molecule has 0 heterocycles. The molecule has 0 fully saturated rings. The van der Waals surface area contributed by atoms with Crippen molar-refractivity contribution in [2.24, 2.45) is 0 Å². The van der Waals surface area contributed by atoms with E-state index in [2.05, 4.69) is 10.6 Å². The normalized spacial score (nSPS) is 10.1. The van der Waals surface area contributed by atoms with Gasteiger partial charge in [0.15, 0.2) is 6.61 Å². The maximum atomic E-state index is 11.8. The molecule has 0 radical (unpaired) electrons. The monoisotopic (exact) mass is 386 g/mol. The zero-order valence-corrected chi connectivity index (χ0v) is 16.1. The summed E-state index contributed by atoms with van der Waals surface area (Å²) in [5.41, 5.74) is 3.52. The molecule has 0 saturated heterocycles. The summed E-state index contributed by atoms with van der Waals surface area (Å²) in [4.78, 5) is 34.5. The van der Waals surface area contributed by atoms with Crippen molar-refractivity contribution in [2.75, 3.05) is 23.0 Å². The Labute approximate surface area is 162 Å². The molecule has 0 aromatic heterocycles. The highest BCUT2D eigenvalue weighted by Gasteiger charge is 2.08. The number of hydrogen-bond donors (Lipinski definition) is 2. The van der Waals surface area contributed by atoms with Crippen LogP contribution in [0.4, 0.5) is 11.4 Å². The lowest BCUT2D eigenvalue weighted by molar-refractivity contribution is -0.144. The molecule has 7 heteroatoms. The predicted octanol–water partition coefficient (Wildman–Crippen LogP) is 3.37. The molecule has 2 aromatic rings. The zero-order chi connectivity index (χ0) is 19.6. The summed E-state index contributed by atoms with van der Waals surface area (Å²) in [6.07, 6.45) is 0. The Balaban J connectivity index is 1.66. The SMILES string of the molecule is CC(=O)Nc1ccc(NC(=O)COC(=O)CSCc2ccc(C)cc2)cc1. The maximum Gasteiger partial charge on any atom is 0.316 e. The Morgan fingerprint density at radius 1 is 0.926 bits per heavy atom. The second kappa shape index (κ2) is 10.4. The number of carbonyl (C=O) groups is 3. The molecule has 0 saturated carbocycles. The number of esters is 1. The molecule has 0 spiro atoms. The van der Waals surface area contributed by atoms with Gasteiger partial charge in [-0.3, -0.25) is 14.4 Å². The number of hydrogen-bond acceptors (Lipinski definition) is 5. The van der Waals surface area contributed by atoms with Crippen LogP contribution < -0.4 is 10.6 Å². The zero-order valence-electron chi connectivity index (χ0n) is 15.3. The van der Waals surface area contributed by atoms with E-state index in [1.54, 1.807) is 24.3 Å². The average Bonchev–Trinajstić information content (AvgIpc) is 2.63. The lowest BCUT2D eigenvalue weighted by Crippen LogP contribution is -2.21. The summed E-state index contributed by atoms with van der Waals surface area (Å²) in [5.74, 6) is -0.115. The van der Waals surface area contributed by atoms with Crippen molar-refractivity contribution in [1.29, 1.82) is 0 Å². The van der Waals surface area contributed by atoms with Gasteiger partial charge in [-0.15, -0.1) is 11.8 Å². The van der Waals surface area contributed by atoms with E-state index in [4.69, 9.17) is 4.74 Å². The first-order valence-electron chi connectivity index (χ1n) is 8.39. The number of aryl methyl sites for hydroxylation is 1. The van der Waals surface area contributed by atoms with Crippen LogP contribution in [-0.2, 0) is 24.9 Å². The van der Waals surface area contributed by atoms with Crippen LogP contribution in [0.3, 0.4) is 0 Å². The highest BCUT2D eigenvalue weighted by atomic mass is 32.2. The molecule has 27 heavy (non-hydrogen) atoms. The number of thioether (sulfide) groups is 1. The third-order valence-electron chi connectivity index (χ3n) is 3.46. The molecule has 2 N–H and O–H groups in total. The topological polar surface area (TPSA) is 84.5 Å². The quantitative estimate of drug-likeness (QED) is 0.680. The first-order chi connectivity index (χ1) is 12.9. The number of nitrogens with one attached hydrogen (secondary N) is 2. The van der Waals surface area contributed by atoms with Crippen molar-refractivity contribution in [3.8, 4) is 0 Å². The maximum absolute atomic E-state index is 11.8. The summed E-state index contributed by atoms with van der Waals surface area (Å²) < 4.78 is 4.98. The summed E-state index contributed by atoms with van der Waals surface area (Å²) in [5, 5.41) is 5.27. The van der Waals surface area contributed by atoms with Crippen molar-refractivity contribution in [3.63, 3.8) is 0 Å². The van der Waals surface area contributed by atoms with Gasteiger partial charge >= 0.3 is 5.97 Å². The lowest BCUT2D eigenvalue weighted by Gasteiger charge is -2.08. The molecular formula is C20H22N2O4S. The summed E-state index contributed by atoms with van der Waals surface area (Å²) in [6.45, 7) is 3.11. The molecule has 6 nitrogen and oxygen atoms in total. The Hall–Kier alpha value is -2.80. The Kier molecular flexibility index (Phi) is 7.88. The molecule has 2 rings (SSSR count). The summed E-state index contributed by atoms with van der Waals surface area (Å²) >= 11 is 1.44. The van der Waals surface area contributed by atoms with Crippen LogP contribution in [0.15, 0.2) is 48.5 Å². The fraction of sp³-hybridized carbons (Fsp3) is 0.250. The fourth-order valence-corrected chi connectivity index (χ4v) is 2.94. The van der Waals surface area contributed by atoms with Crippen LogP contribution in [0, 0.1) is 6.92 Å². The van der Waals surface area contributed by atoms with Gasteiger partial charge in [0.05, 0.1) is 5.75 Å². The van der Waals surface area contributed by atoms with Crippen molar-refractivity contribution < 1.29 is 19.1 Å². The van der Waals surface area contributed by atoms with Gasteiger partial charge < -0.3 is 15.4 Å². The Morgan fingerprint density at radius 2 is 1.52 bits per heavy atom. The molecule has 0 atom stereocenters. The minimum absolute atomic E-state index is 0.168. The van der Waals surface area contributed by atoms with Crippen LogP contribution in [0.2, 0.25) is 0 Å². The Bertz CT molecular complexity index is 789. The Morgan fingerprint density at radius 3 is 2.11 bits per heavy atom. The van der Waals surface area contributed by atoms with E-state index in [0.29, 0.717) is 17.1 Å². The predicted molar refractivity (Wildman–Crippen MR) is 108 cm³/mol. The average molecular weight is 386 g/mol. The van der Waals surface area contributed by atoms with Crippen molar-refractivity contribution in [2.45, 2.75) is 19.6 Å². The number of rotatable bonds is 8. The second-order valence-corrected chi connectivity index (χ2v) is 6.93. The third kappa shape index (κ3) is 7.96. The standard InChI is InChI=1S/C20H22N2O4S/c1-14-3-5-16(6-4-14)12-27-13-20(25)26-11-19(24)22-18-9-7-17(8-10-18)21-15(2)23/h3-10H,11-13H2,1-2H3,(H,21,23)(H,22,24). The van der Waals surface area contributed by atoms with Gasteiger partial charge in [-0.2, -0.15) is 0 Å². The van der Waals surface area contributed by atoms with Gasteiger partial charge in [-0.25, -0.2) is 0 Å². The molecule has 0 aliphatic carbocycles. The number of benzene rings is 2. The minimum Gasteiger partial charge on any atom is -0.455 e. The van der Waals surface area contributed by atoms with Crippen LogP contribution in [0.25, 0.3) is 0 Å². The van der Waals surface area contributed by atoms with E-state index in [0.717, 1.165) is 5.56 Å². The van der Waals surface area contributed by atoms with E-state index in [9.17, 15) is 14.4 Å². The fourth-order valence-electron chi connectivity index (χ4n) is 2.16. The van der Waals surface area contributed by atoms with E-state index < -0.39 is 11.9 Å². The smallest absolute Gasteiger partial charge is 0.316 e. The second-order valence-electron chi connectivity index (χ2n) is 5.95. The first-order valence-corrected chi connectivity index (χ1v) is 9.54. The molecular weight excluding hydrogens is 364 g/mol. The molecule has 0 unspecified atom stereocenters. The van der Waals surface area contributed by atoms with Crippen molar-refractivity contribution in [3.05, 3.63) is 59.7 Å². The van der Waals surface area contributed by atoms with Gasteiger partial charge in [0.1, 0.15) is 0 Å². The van der Waals surface area contributed by atoms with Crippen LogP contribution in [0.5, 0.6) is 0 Å². The van der Waals surface area contributed by atoms with E-state index in [1.807, 2.05) is 31.2 Å². The van der Waals surface area contributed by atoms with Gasteiger partial charge in [-0.05, 0) is 36.8 Å².